The molecular formula is C18H25N3O3. The molecule has 2 aliphatic rings. The summed E-state index contributed by atoms with van der Waals surface area (Å²) in [6.07, 6.45) is 11.1. The Labute approximate surface area is 142 Å². The summed E-state index contributed by atoms with van der Waals surface area (Å²) in [6, 6.07) is 1.97. The van der Waals surface area contributed by atoms with Crippen LogP contribution >= 0.6 is 0 Å². The lowest BCUT2D eigenvalue weighted by atomic mass is 9.95. The van der Waals surface area contributed by atoms with E-state index < -0.39 is 5.97 Å². The maximum absolute atomic E-state index is 12.5. The molecule has 0 aromatic carbocycles. The summed E-state index contributed by atoms with van der Waals surface area (Å²) >= 11 is 0. The summed E-state index contributed by atoms with van der Waals surface area (Å²) in [7, 11) is 0. The van der Waals surface area contributed by atoms with E-state index in [0.29, 0.717) is 18.3 Å². The summed E-state index contributed by atoms with van der Waals surface area (Å²) in [5.41, 5.74) is 0.945. The Morgan fingerprint density at radius 1 is 1.33 bits per heavy atom. The van der Waals surface area contributed by atoms with Crippen LogP contribution in [0.2, 0.25) is 0 Å². The van der Waals surface area contributed by atoms with Gasteiger partial charge in [0.05, 0.1) is 17.8 Å². The van der Waals surface area contributed by atoms with Gasteiger partial charge in [0.1, 0.15) is 6.17 Å². The highest BCUT2D eigenvalue weighted by Gasteiger charge is 2.29. The largest absolute Gasteiger partial charge is 0.478 e. The van der Waals surface area contributed by atoms with E-state index >= 15 is 0 Å². The predicted octanol–water partition coefficient (Wildman–Crippen LogP) is 2.40. The fraction of sp³-hybridized carbons (Fsp3) is 0.556. The number of carbonyl (C=O) groups is 2. The highest BCUT2D eigenvalue weighted by atomic mass is 16.4. The summed E-state index contributed by atoms with van der Waals surface area (Å²) in [5, 5.41) is 12.6. The van der Waals surface area contributed by atoms with Crippen LogP contribution in [0.4, 0.5) is 0 Å². The van der Waals surface area contributed by atoms with Gasteiger partial charge in [-0.15, -0.1) is 0 Å². The van der Waals surface area contributed by atoms with E-state index in [-0.39, 0.29) is 17.5 Å². The average Bonchev–Trinajstić information content (AvgIpc) is 3.07. The molecule has 1 aromatic heterocycles. The smallest absolute Gasteiger partial charge is 0.337 e. The van der Waals surface area contributed by atoms with Crippen LogP contribution < -0.4 is 5.32 Å². The standard InChI is InChI=1S/C18H25N3O3/c1-2-20-12-16(22)15(19-14-6-4-3-5-7-14)10-17(20)21-9-8-13(11-21)18(23)24/h8-11,14,17,19H,2-7,12H2,1H3,(H,23,24). The molecule has 130 valence electrons. The lowest BCUT2D eigenvalue weighted by Gasteiger charge is -2.35. The number of ketones is 1. The van der Waals surface area contributed by atoms with Crippen molar-refractivity contribution in [2.45, 2.75) is 51.2 Å². The number of hydrogen-bond acceptors (Lipinski definition) is 4. The van der Waals surface area contributed by atoms with Crippen molar-refractivity contribution in [1.82, 2.24) is 14.8 Å². The van der Waals surface area contributed by atoms with Gasteiger partial charge in [-0.1, -0.05) is 26.2 Å². The molecule has 6 nitrogen and oxygen atoms in total. The van der Waals surface area contributed by atoms with Gasteiger partial charge in [0.2, 0.25) is 0 Å². The van der Waals surface area contributed by atoms with E-state index in [9.17, 15) is 9.59 Å². The Kier molecular flexibility index (Phi) is 5.04. The molecule has 2 heterocycles. The first kappa shape index (κ1) is 16.8. The summed E-state index contributed by atoms with van der Waals surface area (Å²) in [5.74, 6) is -0.822. The van der Waals surface area contributed by atoms with Gasteiger partial charge >= 0.3 is 5.97 Å². The number of Topliss-reactive ketones (excluding diaryl/α,β-unsaturated/α-hetero) is 1. The SMILES string of the molecule is CCN1CC(=O)C(NC2CCCCC2)=CC1n1ccc(C(=O)O)c1. The third-order valence-electron chi connectivity index (χ3n) is 4.97. The number of rotatable bonds is 5. The molecule has 0 amide bonds. The highest BCUT2D eigenvalue weighted by molar-refractivity contribution is 5.97. The first-order valence-corrected chi connectivity index (χ1v) is 8.75. The number of hydrogen-bond donors (Lipinski definition) is 2. The number of aromatic carboxylic acids is 1. The predicted molar refractivity (Wildman–Crippen MR) is 90.8 cm³/mol. The van der Waals surface area contributed by atoms with Gasteiger partial charge in [0.25, 0.3) is 0 Å². The Hall–Kier alpha value is -2.08. The fourth-order valence-electron chi connectivity index (χ4n) is 3.58. The molecule has 1 saturated carbocycles. The van der Waals surface area contributed by atoms with E-state index in [1.165, 1.54) is 19.3 Å². The molecule has 1 unspecified atom stereocenters. The molecule has 1 atom stereocenters. The van der Waals surface area contributed by atoms with E-state index in [2.05, 4.69) is 5.32 Å². The van der Waals surface area contributed by atoms with E-state index in [1.807, 2.05) is 22.5 Å². The topological polar surface area (TPSA) is 74.6 Å². The van der Waals surface area contributed by atoms with Crippen molar-refractivity contribution in [3.05, 3.63) is 35.8 Å². The summed E-state index contributed by atoms with van der Waals surface area (Å²) in [6.45, 7) is 3.09. The molecule has 0 saturated heterocycles. The van der Waals surface area contributed by atoms with Gasteiger partial charge in [0, 0.05) is 18.4 Å². The molecule has 1 fully saturated rings. The van der Waals surface area contributed by atoms with E-state index in [0.717, 1.165) is 19.4 Å². The third-order valence-corrected chi connectivity index (χ3v) is 4.97. The molecule has 2 N–H and O–H groups in total. The molecule has 1 aliphatic heterocycles. The van der Waals surface area contributed by atoms with Crippen molar-refractivity contribution in [2.75, 3.05) is 13.1 Å². The monoisotopic (exact) mass is 331 g/mol. The van der Waals surface area contributed by atoms with Gasteiger partial charge in [0.15, 0.2) is 5.78 Å². The molecule has 3 rings (SSSR count). The molecular weight excluding hydrogens is 306 g/mol. The third kappa shape index (κ3) is 3.53. The Morgan fingerprint density at radius 2 is 2.08 bits per heavy atom. The Bertz CT molecular complexity index is 644. The zero-order valence-corrected chi connectivity index (χ0v) is 14.1. The van der Waals surface area contributed by atoms with Crippen LogP contribution in [0, 0.1) is 0 Å². The number of nitrogens with one attached hydrogen (secondary N) is 1. The normalized spacial score (nSPS) is 23.1. The van der Waals surface area contributed by atoms with Crippen molar-refractivity contribution < 1.29 is 14.7 Å². The molecule has 6 heteroatoms. The lowest BCUT2D eigenvalue weighted by Crippen LogP contribution is -2.44. The average molecular weight is 331 g/mol. The molecule has 1 aromatic rings. The minimum atomic E-state index is -0.937. The summed E-state index contributed by atoms with van der Waals surface area (Å²) < 4.78 is 1.86. The highest BCUT2D eigenvalue weighted by Crippen LogP contribution is 2.25. The zero-order valence-electron chi connectivity index (χ0n) is 14.1. The van der Waals surface area contributed by atoms with Crippen LogP contribution in [0.15, 0.2) is 30.2 Å². The van der Waals surface area contributed by atoms with Crippen LogP contribution in [0.3, 0.4) is 0 Å². The van der Waals surface area contributed by atoms with Crippen LogP contribution in [-0.2, 0) is 4.79 Å². The second-order valence-electron chi connectivity index (χ2n) is 6.61. The number of aromatic nitrogens is 1. The van der Waals surface area contributed by atoms with E-state index in [4.69, 9.17) is 5.11 Å². The van der Waals surface area contributed by atoms with Crippen molar-refractivity contribution in [1.29, 1.82) is 0 Å². The molecule has 0 spiro atoms. The number of likely N-dealkylation sites (N-methyl/N-ethyl adjacent to an activating group) is 1. The van der Waals surface area contributed by atoms with Crippen LogP contribution in [-0.4, -0.2) is 45.5 Å². The second kappa shape index (κ2) is 7.21. The first-order chi connectivity index (χ1) is 11.6. The summed E-state index contributed by atoms with van der Waals surface area (Å²) in [4.78, 5) is 25.6. The second-order valence-corrected chi connectivity index (χ2v) is 6.61. The molecule has 0 radical (unpaired) electrons. The van der Waals surface area contributed by atoms with Crippen LogP contribution in [0.1, 0.15) is 55.6 Å². The minimum Gasteiger partial charge on any atom is -0.478 e. The molecule has 1 aliphatic carbocycles. The minimum absolute atomic E-state index is 0.115. The fourth-order valence-corrected chi connectivity index (χ4v) is 3.58. The van der Waals surface area contributed by atoms with Gasteiger partial charge < -0.3 is 15.0 Å². The van der Waals surface area contributed by atoms with Gasteiger partial charge in [-0.25, -0.2) is 4.79 Å². The van der Waals surface area contributed by atoms with Crippen molar-refractivity contribution in [3.63, 3.8) is 0 Å². The van der Waals surface area contributed by atoms with E-state index in [1.54, 1.807) is 18.5 Å². The van der Waals surface area contributed by atoms with Gasteiger partial charge in [-0.2, -0.15) is 0 Å². The Balaban J connectivity index is 1.83. The van der Waals surface area contributed by atoms with Crippen LogP contribution in [0.5, 0.6) is 0 Å². The van der Waals surface area contributed by atoms with Crippen LogP contribution in [0.25, 0.3) is 0 Å². The lowest BCUT2D eigenvalue weighted by molar-refractivity contribution is -0.118. The number of nitrogens with zero attached hydrogens (tertiary/aromatic N) is 2. The maximum atomic E-state index is 12.5. The number of carbonyl (C=O) groups excluding carboxylic acids is 1. The first-order valence-electron chi connectivity index (χ1n) is 8.75. The molecule has 0 bridgehead atoms. The number of carboxylic acid groups (broad SMARTS) is 1. The molecule has 24 heavy (non-hydrogen) atoms. The maximum Gasteiger partial charge on any atom is 0.337 e. The zero-order chi connectivity index (χ0) is 17.1. The quantitative estimate of drug-likeness (QED) is 0.866. The number of carboxylic acids is 1. The van der Waals surface area contributed by atoms with Gasteiger partial charge in [-0.3, -0.25) is 9.69 Å². The Morgan fingerprint density at radius 3 is 2.71 bits per heavy atom. The van der Waals surface area contributed by atoms with Gasteiger partial charge in [-0.05, 0) is 31.5 Å². The van der Waals surface area contributed by atoms with Crippen molar-refractivity contribution >= 4 is 11.8 Å². The van der Waals surface area contributed by atoms with Crippen molar-refractivity contribution in [3.8, 4) is 0 Å². The van der Waals surface area contributed by atoms with Crippen molar-refractivity contribution in [2.24, 2.45) is 0 Å².